The molecule has 0 aromatic rings. The lowest BCUT2D eigenvalue weighted by Crippen LogP contribution is -2.64. The zero-order valence-corrected chi connectivity index (χ0v) is 9.70. The first-order valence-corrected chi connectivity index (χ1v) is 5.80. The topological polar surface area (TPSA) is 63.6 Å². The first-order chi connectivity index (χ1) is 7.10. The summed E-state index contributed by atoms with van der Waals surface area (Å²) in [4.78, 5) is 0. The van der Waals surface area contributed by atoms with Crippen molar-refractivity contribution in [3.8, 4) is 0 Å². The molecular formula is C11H22NO3. The van der Waals surface area contributed by atoms with Crippen molar-refractivity contribution in [1.82, 2.24) is 5.06 Å². The Kier molecular flexibility index (Phi) is 4.12. The monoisotopic (exact) mass is 216 g/mol. The Bertz CT molecular complexity index is 180. The molecule has 0 spiro atoms. The first-order valence-electron chi connectivity index (χ1n) is 5.80. The third kappa shape index (κ3) is 1.91. The maximum atomic E-state index is 12.3. The van der Waals surface area contributed by atoms with Gasteiger partial charge >= 0.3 is 0 Å². The van der Waals surface area contributed by atoms with Crippen LogP contribution in [0.4, 0.5) is 0 Å². The molecule has 4 nitrogen and oxygen atoms in total. The van der Waals surface area contributed by atoms with Crippen LogP contribution in [-0.4, -0.2) is 39.6 Å². The SMILES string of the molecule is CC[C@]1(CO)CCC[C@@](CC)(CO)N1[O]. The summed E-state index contributed by atoms with van der Waals surface area (Å²) in [5.41, 5.74) is -1.34. The van der Waals surface area contributed by atoms with E-state index in [0.717, 1.165) is 24.3 Å². The van der Waals surface area contributed by atoms with Crippen LogP contribution in [0.25, 0.3) is 0 Å². The smallest absolute Gasteiger partial charge is 0.0728 e. The molecule has 0 bridgehead atoms. The Morgan fingerprint density at radius 1 is 1.07 bits per heavy atom. The molecular weight excluding hydrogens is 194 g/mol. The average Bonchev–Trinajstić information content (AvgIpc) is 2.30. The molecule has 1 fully saturated rings. The van der Waals surface area contributed by atoms with Crippen LogP contribution in [0.1, 0.15) is 46.0 Å². The van der Waals surface area contributed by atoms with Crippen LogP contribution in [0.15, 0.2) is 0 Å². The predicted octanol–water partition coefficient (Wildman–Crippen LogP) is 1.10. The molecule has 1 radical (unpaired) electrons. The van der Waals surface area contributed by atoms with E-state index in [4.69, 9.17) is 0 Å². The van der Waals surface area contributed by atoms with Crippen LogP contribution in [0.3, 0.4) is 0 Å². The predicted molar refractivity (Wildman–Crippen MR) is 56.6 cm³/mol. The van der Waals surface area contributed by atoms with Crippen LogP contribution >= 0.6 is 0 Å². The Balaban J connectivity index is 2.95. The maximum absolute atomic E-state index is 12.3. The van der Waals surface area contributed by atoms with Crippen molar-refractivity contribution in [3.63, 3.8) is 0 Å². The molecule has 0 saturated carbocycles. The van der Waals surface area contributed by atoms with Gasteiger partial charge in [0.15, 0.2) is 0 Å². The molecule has 1 heterocycles. The molecule has 2 atom stereocenters. The van der Waals surface area contributed by atoms with E-state index in [1.54, 1.807) is 0 Å². The standard InChI is InChI=1S/C11H22NO3/c1-3-10(8-13)6-5-7-11(4-2,9-14)12(10)15/h13-14H,3-9H2,1-2H3/t10-,11+. The molecule has 0 aliphatic carbocycles. The Labute approximate surface area is 91.5 Å². The van der Waals surface area contributed by atoms with E-state index in [1.807, 2.05) is 13.8 Å². The van der Waals surface area contributed by atoms with E-state index in [0.29, 0.717) is 12.8 Å². The molecule has 1 rings (SSSR count). The van der Waals surface area contributed by atoms with Crippen molar-refractivity contribution in [2.45, 2.75) is 57.0 Å². The summed E-state index contributed by atoms with van der Waals surface area (Å²) >= 11 is 0. The van der Waals surface area contributed by atoms with Gasteiger partial charge in [-0.2, -0.15) is 0 Å². The number of aliphatic hydroxyl groups excluding tert-OH is 2. The van der Waals surface area contributed by atoms with Gasteiger partial charge in [0.2, 0.25) is 0 Å². The average molecular weight is 216 g/mol. The zero-order valence-electron chi connectivity index (χ0n) is 9.70. The molecule has 2 N–H and O–H groups in total. The fourth-order valence-electron chi connectivity index (χ4n) is 2.60. The van der Waals surface area contributed by atoms with Crippen molar-refractivity contribution in [2.24, 2.45) is 0 Å². The minimum Gasteiger partial charge on any atom is -0.394 e. The van der Waals surface area contributed by atoms with Crippen molar-refractivity contribution in [3.05, 3.63) is 0 Å². The van der Waals surface area contributed by atoms with Crippen molar-refractivity contribution in [1.29, 1.82) is 0 Å². The Hall–Kier alpha value is -0.160. The molecule has 4 heteroatoms. The fraction of sp³-hybridized carbons (Fsp3) is 1.00. The Morgan fingerprint density at radius 2 is 1.47 bits per heavy atom. The van der Waals surface area contributed by atoms with Crippen LogP contribution < -0.4 is 0 Å². The van der Waals surface area contributed by atoms with Gasteiger partial charge in [0.1, 0.15) is 0 Å². The summed E-state index contributed by atoms with van der Waals surface area (Å²) in [5, 5.41) is 32.1. The molecule has 1 aliphatic heterocycles. The van der Waals surface area contributed by atoms with Crippen LogP contribution in [0.5, 0.6) is 0 Å². The highest BCUT2D eigenvalue weighted by Crippen LogP contribution is 2.40. The molecule has 0 amide bonds. The number of aliphatic hydroxyl groups is 2. The first kappa shape index (κ1) is 12.9. The highest BCUT2D eigenvalue weighted by molar-refractivity contribution is 5.00. The highest BCUT2D eigenvalue weighted by atomic mass is 16.5. The summed E-state index contributed by atoms with van der Waals surface area (Å²) in [6, 6.07) is 0. The van der Waals surface area contributed by atoms with Crippen molar-refractivity contribution in [2.75, 3.05) is 13.2 Å². The second-order valence-corrected chi connectivity index (χ2v) is 4.62. The molecule has 0 aromatic carbocycles. The van der Waals surface area contributed by atoms with E-state index in [9.17, 15) is 15.4 Å². The lowest BCUT2D eigenvalue weighted by Gasteiger charge is -2.51. The highest BCUT2D eigenvalue weighted by Gasteiger charge is 2.50. The quantitative estimate of drug-likeness (QED) is 0.739. The molecule has 0 aromatic heterocycles. The lowest BCUT2D eigenvalue weighted by atomic mass is 9.76. The largest absolute Gasteiger partial charge is 0.394 e. The van der Waals surface area contributed by atoms with Gasteiger partial charge in [-0.3, -0.25) is 0 Å². The van der Waals surface area contributed by atoms with Crippen molar-refractivity contribution >= 4 is 0 Å². The van der Waals surface area contributed by atoms with Crippen LogP contribution in [-0.2, 0) is 5.21 Å². The number of piperidine rings is 1. The second kappa shape index (κ2) is 4.78. The summed E-state index contributed by atoms with van der Waals surface area (Å²) in [7, 11) is 0. The number of hydrogen-bond donors (Lipinski definition) is 2. The summed E-state index contributed by atoms with van der Waals surface area (Å²) in [5.74, 6) is 0. The van der Waals surface area contributed by atoms with E-state index >= 15 is 0 Å². The number of hydroxylamine groups is 2. The lowest BCUT2D eigenvalue weighted by molar-refractivity contribution is -0.318. The molecule has 1 aliphatic rings. The molecule has 89 valence electrons. The third-order valence-corrected chi connectivity index (χ3v) is 4.05. The summed E-state index contributed by atoms with van der Waals surface area (Å²) in [6.45, 7) is 3.61. The molecule has 0 unspecified atom stereocenters. The van der Waals surface area contributed by atoms with Crippen molar-refractivity contribution < 1.29 is 15.4 Å². The van der Waals surface area contributed by atoms with Gasteiger partial charge in [0.05, 0.1) is 24.3 Å². The van der Waals surface area contributed by atoms with Gasteiger partial charge in [-0.1, -0.05) is 13.8 Å². The van der Waals surface area contributed by atoms with Gasteiger partial charge in [0.25, 0.3) is 0 Å². The van der Waals surface area contributed by atoms with E-state index in [2.05, 4.69) is 0 Å². The minimum absolute atomic E-state index is 0.116. The maximum Gasteiger partial charge on any atom is 0.0728 e. The van der Waals surface area contributed by atoms with Gasteiger partial charge in [-0.15, -0.1) is 10.3 Å². The van der Waals surface area contributed by atoms with Gasteiger partial charge in [-0.25, -0.2) is 0 Å². The third-order valence-electron chi connectivity index (χ3n) is 4.05. The molecule has 1 saturated heterocycles. The van der Waals surface area contributed by atoms with E-state index in [-0.39, 0.29) is 13.2 Å². The van der Waals surface area contributed by atoms with Gasteiger partial charge < -0.3 is 10.2 Å². The summed E-state index contributed by atoms with van der Waals surface area (Å²) in [6.07, 6.45) is 3.63. The van der Waals surface area contributed by atoms with Gasteiger partial charge in [-0.05, 0) is 32.1 Å². The van der Waals surface area contributed by atoms with E-state index < -0.39 is 11.1 Å². The van der Waals surface area contributed by atoms with Gasteiger partial charge in [0, 0.05) is 0 Å². The number of rotatable bonds is 4. The second-order valence-electron chi connectivity index (χ2n) is 4.62. The summed E-state index contributed by atoms with van der Waals surface area (Å²) < 4.78 is 0. The zero-order chi connectivity index (χ0) is 11.5. The van der Waals surface area contributed by atoms with Crippen LogP contribution in [0.2, 0.25) is 0 Å². The fourth-order valence-corrected chi connectivity index (χ4v) is 2.60. The van der Waals surface area contributed by atoms with Crippen LogP contribution in [0, 0.1) is 0 Å². The normalized spacial score (nSPS) is 38.2. The Morgan fingerprint density at radius 3 is 1.73 bits per heavy atom. The van der Waals surface area contributed by atoms with E-state index in [1.165, 1.54) is 0 Å². The minimum atomic E-state index is -0.670. The number of hydrogen-bond acceptors (Lipinski definition) is 3. The molecule has 15 heavy (non-hydrogen) atoms. The number of nitrogens with zero attached hydrogens (tertiary/aromatic N) is 1.